The SMILES string of the molecule is CC(O)C1COC(=O)C1C. The molecule has 0 aromatic rings. The number of aliphatic hydroxyl groups is 1. The van der Waals surface area contributed by atoms with Crippen LogP contribution in [0.2, 0.25) is 0 Å². The zero-order valence-corrected chi connectivity index (χ0v) is 6.20. The zero-order valence-electron chi connectivity index (χ0n) is 6.20. The molecule has 3 atom stereocenters. The minimum Gasteiger partial charge on any atom is -0.465 e. The molecule has 3 unspecified atom stereocenters. The van der Waals surface area contributed by atoms with Crippen LogP contribution in [0.5, 0.6) is 0 Å². The maximum atomic E-state index is 10.8. The Hall–Kier alpha value is -0.570. The predicted molar refractivity (Wildman–Crippen MR) is 35.3 cm³/mol. The molecule has 3 heteroatoms. The van der Waals surface area contributed by atoms with E-state index in [1.165, 1.54) is 0 Å². The highest BCUT2D eigenvalue weighted by molar-refractivity contribution is 5.74. The summed E-state index contributed by atoms with van der Waals surface area (Å²) in [5.74, 6) is -0.335. The minimum atomic E-state index is -0.443. The molecule has 0 amide bonds. The standard InChI is InChI=1S/C7H12O3/c1-4-6(5(2)8)3-10-7(4)9/h4-6,8H,3H2,1-2H3. The molecule has 0 spiro atoms. The van der Waals surface area contributed by atoms with Crippen molar-refractivity contribution in [2.24, 2.45) is 11.8 Å². The first kappa shape index (κ1) is 7.54. The molecular weight excluding hydrogens is 132 g/mol. The highest BCUT2D eigenvalue weighted by atomic mass is 16.5. The molecule has 0 aromatic carbocycles. The van der Waals surface area contributed by atoms with E-state index in [4.69, 9.17) is 9.84 Å². The van der Waals surface area contributed by atoms with Crippen LogP contribution < -0.4 is 0 Å². The van der Waals surface area contributed by atoms with E-state index in [9.17, 15) is 4.79 Å². The number of esters is 1. The van der Waals surface area contributed by atoms with Crippen molar-refractivity contribution in [2.75, 3.05) is 6.61 Å². The molecule has 1 aliphatic rings. The van der Waals surface area contributed by atoms with Crippen molar-refractivity contribution in [3.8, 4) is 0 Å². The molecule has 1 heterocycles. The molecule has 3 nitrogen and oxygen atoms in total. The van der Waals surface area contributed by atoms with Gasteiger partial charge in [-0.3, -0.25) is 4.79 Å². The highest BCUT2D eigenvalue weighted by Gasteiger charge is 2.35. The fourth-order valence-electron chi connectivity index (χ4n) is 1.19. The third-order valence-corrected chi connectivity index (χ3v) is 2.05. The van der Waals surface area contributed by atoms with Crippen molar-refractivity contribution in [1.82, 2.24) is 0 Å². The summed E-state index contributed by atoms with van der Waals surface area (Å²) in [6, 6.07) is 0. The Morgan fingerprint density at radius 3 is 2.60 bits per heavy atom. The van der Waals surface area contributed by atoms with Gasteiger partial charge in [-0.1, -0.05) is 6.92 Å². The number of carbonyl (C=O) groups excluding carboxylic acids is 1. The van der Waals surface area contributed by atoms with Gasteiger partial charge in [0.2, 0.25) is 0 Å². The van der Waals surface area contributed by atoms with Gasteiger partial charge in [0, 0.05) is 5.92 Å². The fraction of sp³-hybridized carbons (Fsp3) is 0.857. The predicted octanol–water partition coefficient (Wildman–Crippen LogP) is 0.176. The summed E-state index contributed by atoms with van der Waals surface area (Å²) in [5.41, 5.74) is 0. The lowest BCUT2D eigenvalue weighted by atomic mass is 9.93. The van der Waals surface area contributed by atoms with Crippen LogP contribution in [-0.2, 0) is 9.53 Å². The van der Waals surface area contributed by atoms with Gasteiger partial charge in [0.05, 0.1) is 18.6 Å². The van der Waals surface area contributed by atoms with Crippen LogP contribution >= 0.6 is 0 Å². The first-order valence-electron chi connectivity index (χ1n) is 3.47. The van der Waals surface area contributed by atoms with Gasteiger partial charge in [0.25, 0.3) is 0 Å². The summed E-state index contributed by atoms with van der Waals surface area (Å²) in [4.78, 5) is 10.8. The second-order valence-corrected chi connectivity index (χ2v) is 2.82. The van der Waals surface area contributed by atoms with Gasteiger partial charge >= 0.3 is 5.97 Å². The second kappa shape index (κ2) is 2.58. The Morgan fingerprint density at radius 2 is 2.40 bits per heavy atom. The summed E-state index contributed by atoms with van der Waals surface area (Å²) in [6.45, 7) is 3.84. The number of hydrogen-bond acceptors (Lipinski definition) is 3. The van der Waals surface area contributed by atoms with Gasteiger partial charge < -0.3 is 9.84 Å². The molecule has 1 rings (SSSR count). The van der Waals surface area contributed by atoms with E-state index < -0.39 is 6.10 Å². The van der Waals surface area contributed by atoms with E-state index in [0.29, 0.717) is 6.61 Å². The van der Waals surface area contributed by atoms with Crippen LogP contribution in [0.3, 0.4) is 0 Å². The molecule has 0 bridgehead atoms. The zero-order chi connectivity index (χ0) is 7.72. The van der Waals surface area contributed by atoms with Gasteiger partial charge in [0.15, 0.2) is 0 Å². The van der Waals surface area contributed by atoms with E-state index in [0.717, 1.165) is 0 Å². The molecule has 0 aromatic heterocycles. The monoisotopic (exact) mass is 144 g/mol. The van der Waals surface area contributed by atoms with E-state index in [-0.39, 0.29) is 17.8 Å². The number of carbonyl (C=O) groups is 1. The topological polar surface area (TPSA) is 46.5 Å². The summed E-state index contributed by atoms with van der Waals surface area (Å²) in [6.07, 6.45) is -0.443. The molecule has 58 valence electrons. The lowest BCUT2D eigenvalue weighted by Crippen LogP contribution is -2.23. The Balaban J connectivity index is 2.57. The lowest BCUT2D eigenvalue weighted by Gasteiger charge is -2.12. The van der Waals surface area contributed by atoms with Crippen LogP contribution in [0.1, 0.15) is 13.8 Å². The maximum Gasteiger partial charge on any atom is 0.309 e. The van der Waals surface area contributed by atoms with Crippen molar-refractivity contribution < 1.29 is 14.6 Å². The molecule has 0 radical (unpaired) electrons. The second-order valence-electron chi connectivity index (χ2n) is 2.82. The van der Waals surface area contributed by atoms with E-state index in [1.807, 2.05) is 0 Å². The van der Waals surface area contributed by atoms with Crippen molar-refractivity contribution in [3.63, 3.8) is 0 Å². The third kappa shape index (κ3) is 1.14. The first-order valence-corrected chi connectivity index (χ1v) is 3.47. The van der Waals surface area contributed by atoms with Crippen molar-refractivity contribution in [1.29, 1.82) is 0 Å². The molecule has 1 N–H and O–H groups in total. The van der Waals surface area contributed by atoms with Gasteiger partial charge in [-0.15, -0.1) is 0 Å². The fourth-order valence-corrected chi connectivity index (χ4v) is 1.19. The number of ether oxygens (including phenoxy) is 1. The molecule has 1 fully saturated rings. The summed E-state index contributed by atoms with van der Waals surface area (Å²) in [7, 11) is 0. The summed E-state index contributed by atoms with van der Waals surface area (Å²) < 4.78 is 4.74. The van der Waals surface area contributed by atoms with Gasteiger partial charge in [0.1, 0.15) is 0 Å². The van der Waals surface area contributed by atoms with Gasteiger partial charge in [-0.25, -0.2) is 0 Å². The molecule has 10 heavy (non-hydrogen) atoms. The van der Waals surface area contributed by atoms with Crippen LogP contribution in [0.25, 0.3) is 0 Å². The molecular formula is C7H12O3. The Morgan fingerprint density at radius 1 is 1.80 bits per heavy atom. The smallest absolute Gasteiger partial charge is 0.309 e. The van der Waals surface area contributed by atoms with Gasteiger partial charge in [-0.2, -0.15) is 0 Å². The number of hydrogen-bond donors (Lipinski definition) is 1. The van der Waals surface area contributed by atoms with Crippen LogP contribution in [0, 0.1) is 11.8 Å². The van der Waals surface area contributed by atoms with Crippen LogP contribution in [0.15, 0.2) is 0 Å². The maximum absolute atomic E-state index is 10.8. The number of aliphatic hydroxyl groups excluding tert-OH is 1. The lowest BCUT2D eigenvalue weighted by molar-refractivity contribution is -0.140. The molecule has 0 saturated carbocycles. The van der Waals surface area contributed by atoms with Crippen LogP contribution in [-0.4, -0.2) is 23.8 Å². The highest BCUT2D eigenvalue weighted by Crippen LogP contribution is 2.24. The average Bonchev–Trinajstić information content (AvgIpc) is 2.14. The first-order chi connectivity index (χ1) is 4.63. The number of rotatable bonds is 1. The van der Waals surface area contributed by atoms with E-state index in [2.05, 4.69) is 0 Å². The quantitative estimate of drug-likeness (QED) is 0.534. The van der Waals surface area contributed by atoms with E-state index >= 15 is 0 Å². The summed E-state index contributed by atoms with van der Waals surface area (Å²) in [5, 5.41) is 9.11. The van der Waals surface area contributed by atoms with E-state index in [1.54, 1.807) is 13.8 Å². The van der Waals surface area contributed by atoms with Crippen molar-refractivity contribution >= 4 is 5.97 Å². The minimum absolute atomic E-state index is 0.00694. The number of cyclic esters (lactones) is 1. The Kier molecular flexibility index (Phi) is 1.94. The van der Waals surface area contributed by atoms with Crippen LogP contribution in [0.4, 0.5) is 0 Å². The normalized spacial score (nSPS) is 35.7. The third-order valence-electron chi connectivity index (χ3n) is 2.05. The van der Waals surface area contributed by atoms with Gasteiger partial charge in [-0.05, 0) is 6.92 Å². The Labute approximate surface area is 60.0 Å². The Bertz CT molecular complexity index is 142. The molecule has 1 aliphatic heterocycles. The molecule has 1 saturated heterocycles. The van der Waals surface area contributed by atoms with Crippen molar-refractivity contribution in [2.45, 2.75) is 20.0 Å². The average molecular weight is 144 g/mol. The summed E-state index contributed by atoms with van der Waals surface area (Å²) >= 11 is 0. The molecule has 0 aliphatic carbocycles. The largest absolute Gasteiger partial charge is 0.465 e. The van der Waals surface area contributed by atoms with Crippen molar-refractivity contribution in [3.05, 3.63) is 0 Å².